The Morgan fingerprint density at radius 2 is 1.40 bits per heavy atom. The summed E-state index contributed by atoms with van der Waals surface area (Å²) < 4.78 is 0. The maximum Gasteiger partial charge on any atom is 0.0537 e. The molecular weight excluding hydrogens is 188 g/mol. The Hall–Kier alpha value is -0.0800. The fourth-order valence-corrected chi connectivity index (χ4v) is 1.11. The largest absolute Gasteiger partial charge is 0.393 e. The fraction of sp³-hybridized carbons (Fsp3) is 1.00. The van der Waals surface area contributed by atoms with E-state index in [9.17, 15) is 0 Å². The van der Waals surface area contributed by atoms with Crippen LogP contribution in [0.1, 0.15) is 66.7 Å². The van der Waals surface area contributed by atoms with Gasteiger partial charge in [0, 0.05) is 0 Å². The zero-order valence-corrected chi connectivity index (χ0v) is 11.2. The smallest absolute Gasteiger partial charge is 0.0537 e. The van der Waals surface area contributed by atoms with Crippen molar-refractivity contribution in [3.05, 3.63) is 0 Å². The molecule has 0 saturated carbocycles. The minimum absolute atomic E-state index is 0.0509. The van der Waals surface area contributed by atoms with Crippen LogP contribution in [0.3, 0.4) is 0 Å². The van der Waals surface area contributed by atoms with Crippen molar-refractivity contribution in [1.29, 1.82) is 0 Å². The second-order valence-electron chi connectivity index (χ2n) is 4.67. The molecule has 0 aromatic rings. The van der Waals surface area contributed by atoms with Crippen LogP contribution in [-0.2, 0) is 0 Å². The molecule has 0 rings (SSSR count). The van der Waals surface area contributed by atoms with E-state index in [2.05, 4.69) is 20.8 Å². The summed E-state index contributed by atoms with van der Waals surface area (Å²) in [5.41, 5.74) is 0. The van der Waals surface area contributed by atoms with Gasteiger partial charge >= 0.3 is 0 Å². The summed E-state index contributed by atoms with van der Waals surface area (Å²) in [6.07, 6.45) is 4.86. The van der Waals surface area contributed by atoms with Crippen LogP contribution in [0, 0.1) is 5.92 Å². The van der Waals surface area contributed by atoms with Gasteiger partial charge in [-0.05, 0) is 38.5 Å². The van der Waals surface area contributed by atoms with Gasteiger partial charge in [-0.15, -0.1) is 0 Å². The maximum atomic E-state index is 8.86. The molecular formula is C13H30O2. The van der Waals surface area contributed by atoms with Crippen LogP contribution in [0.15, 0.2) is 0 Å². The first-order chi connectivity index (χ1) is 6.93. The average molecular weight is 218 g/mol. The highest BCUT2D eigenvalue weighted by Gasteiger charge is 1.97. The minimum atomic E-state index is -0.114. The molecule has 94 valence electrons. The van der Waals surface area contributed by atoms with Crippen LogP contribution in [-0.4, -0.2) is 22.4 Å². The SMILES string of the molecule is CC(C)CCC(C)O.CCCC(O)CC. The molecule has 2 unspecified atom stereocenters. The predicted molar refractivity (Wildman–Crippen MR) is 67.0 cm³/mol. The molecule has 0 spiro atoms. The Bertz CT molecular complexity index is 103. The van der Waals surface area contributed by atoms with Crippen molar-refractivity contribution in [3.8, 4) is 0 Å². The molecule has 2 nitrogen and oxygen atoms in total. The number of aliphatic hydroxyl groups is 2. The first-order valence-corrected chi connectivity index (χ1v) is 6.30. The number of hydrogen-bond donors (Lipinski definition) is 2. The second kappa shape index (κ2) is 12.0. The van der Waals surface area contributed by atoms with Crippen molar-refractivity contribution in [2.45, 2.75) is 78.9 Å². The second-order valence-corrected chi connectivity index (χ2v) is 4.67. The lowest BCUT2D eigenvalue weighted by atomic mass is 10.1. The molecule has 0 radical (unpaired) electrons. The Kier molecular flexibility index (Phi) is 13.8. The summed E-state index contributed by atoms with van der Waals surface area (Å²) >= 11 is 0. The summed E-state index contributed by atoms with van der Waals surface area (Å²) in [5.74, 6) is 0.726. The van der Waals surface area contributed by atoms with Gasteiger partial charge < -0.3 is 10.2 Å². The number of aliphatic hydroxyl groups excluding tert-OH is 2. The van der Waals surface area contributed by atoms with Gasteiger partial charge in [0.1, 0.15) is 0 Å². The zero-order valence-electron chi connectivity index (χ0n) is 11.2. The third-order valence-corrected chi connectivity index (χ3v) is 2.25. The molecule has 0 heterocycles. The predicted octanol–water partition coefficient (Wildman–Crippen LogP) is 3.36. The molecule has 0 aromatic carbocycles. The van der Waals surface area contributed by atoms with Gasteiger partial charge in [-0.2, -0.15) is 0 Å². The highest BCUT2D eigenvalue weighted by atomic mass is 16.3. The quantitative estimate of drug-likeness (QED) is 0.717. The summed E-state index contributed by atoms with van der Waals surface area (Å²) in [6.45, 7) is 10.3. The minimum Gasteiger partial charge on any atom is -0.393 e. The Morgan fingerprint density at radius 3 is 1.53 bits per heavy atom. The lowest BCUT2D eigenvalue weighted by Gasteiger charge is -2.04. The molecule has 0 aliphatic heterocycles. The monoisotopic (exact) mass is 218 g/mol. The van der Waals surface area contributed by atoms with Gasteiger partial charge in [-0.3, -0.25) is 0 Å². The summed E-state index contributed by atoms with van der Waals surface area (Å²) in [4.78, 5) is 0. The molecule has 2 heteroatoms. The number of hydrogen-bond acceptors (Lipinski definition) is 2. The molecule has 0 aliphatic rings. The van der Waals surface area contributed by atoms with E-state index < -0.39 is 0 Å². The van der Waals surface area contributed by atoms with Gasteiger partial charge in [-0.1, -0.05) is 34.1 Å². The van der Waals surface area contributed by atoms with E-state index in [4.69, 9.17) is 10.2 Å². The Labute approximate surface area is 95.7 Å². The van der Waals surface area contributed by atoms with E-state index >= 15 is 0 Å². The van der Waals surface area contributed by atoms with Crippen LogP contribution >= 0.6 is 0 Å². The molecule has 0 amide bonds. The van der Waals surface area contributed by atoms with Crippen molar-refractivity contribution < 1.29 is 10.2 Å². The summed E-state index contributed by atoms with van der Waals surface area (Å²) in [7, 11) is 0. The highest BCUT2D eigenvalue weighted by molar-refractivity contribution is 4.49. The van der Waals surface area contributed by atoms with Crippen molar-refractivity contribution >= 4 is 0 Å². The van der Waals surface area contributed by atoms with Gasteiger partial charge in [0.15, 0.2) is 0 Å². The number of rotatable bonds is 6. The van der Waals surface area contributed by atoms with E-state index in [-0.39, 0.29) is 12.2 Å². The average Bonchev–Trinajstić information content (AvgIpc) is 2.16. The molecule has 0 saturated heterocycles. The van der Waals surface area contributed by atoms with Gasteiger partial charge in [-0.25, -0.2) is 0 Å². The van der Waals surface area contributed by atoms with Crippen LogP contribution in [0.2, 0.25) is 0 Å². The van der Waals surface area contributed by atoms with E-state index in [1.165, 1.54) is 0 Å². The molecule has 0 bridgehead atoms. The fourth-order valence-electron chi connectivity index (χ4n) is 1.11. The molecule has 2 N–H and O–H groups in total. The molecule has 2 atom stereocenters. The third-order valence-electron chi connectivity index (χ3n) is 2.25. The third kappa shape index (κ3) is 20.1. The molecule has 0 aromatic heterocycles. The van der Waals surface area contributed by atoms with E-state index in [0.717, 1.165) is 38.0 Å². The molecule has 15 heavy (non-hydrogen) atoms. The lowest BCUT2D eigenvalue weighted by Crippen LogP contribution is -2.01. The Morgan fingerprint density at radius 1 is 0.867 bits per heavy atom. The van der Waals surface area contributed by atoms with Crippen molar-refractivity contribution in [2.75, 3.05) is 0 Å². The van der Waals surface area contributed by atoms with Crippen molar-refractivity contribution in [3.63, 3.8) is 0 Å². The maximum absolute atomic E-state index is 8.86. The topological polar surface area (TPSA) is 40.5 Å². The van der Waals surface area contributed by atoms with Gasteiger partial charge in [0.05, 0.1) is 12.2 Å². The zero-order chi connectivity index (χ0) is 12.3. The normalized spacial score (nSPS) is 14.4. The van der Waals surface area contributed by atoms with Crippen molar-refractivity contribution in [1.82, 2.24) is 0 Å². The van der Waals surface area contributed by atoms with Crippen LogP contribution in [0.4, 0.5) is 0 Å². The standard InChI is InChI=1S/C7H16O.C6H14O/c1-6(2)4-5-7(3)8;1-3-5-6(7)4-2/h6-8H,4-5H2,1-3H3;6-7H,3-5H2,1-2H3. The Balaban J connectivity index is 0. The summed E-state index contributed by atoms with van der Waals surface area (Å²) in [6, 6.07) is 0. The van der Waals surface area contributed by atoms with Crippen LogP contribution in [0.5, 0.6) is 0 Å². The van der Waals surface area contributed by atoms with Crippen LogP contribution < -0.4 is 0 Å². The lowest BCUT2D eigenvalue weighted by molar-refractivity contribution is 0.159. The highest BCUT2D eigenvalue weighted by Crippen LogP contribution is 2.05. The van der Waals surface area contributed by atoms with E-state index in [0.29, 0.717) is 0 Å². The first kappa shape index (κ1) is 17.3. The van der Waals surface area contributed by atoms with Gasteiger partial charge in [0.2, 0.25) is 0 Å². The summed E-state index contributed by atoms with van der Waals surface area (Å²) in [5, 5.41) is 17.7. The first-order valence-electron chi connectivity index (χ1n) is 6.30. The van der Waals surface area contributed by atoms with E-state index in [1.807, 2.05) is 13.8 Å². The van der Waals surface area contributed by atoms with Crippen molar-refractivity contribution in [2.24, 2.45) is 5.92 Å². The van der Waals surface area contributed by atoms with Gasteiger partial charge in [0.25, 0.3) is 0 Å². The molecule has 0 fully saturated rings. The van der Waals surface area contributed by atoms with Crippen LogP contribution in [0.25, 0.3) is 0 Å². The molecule has 0 aliphatic carbocycles. The van der Waals surface area contributed by atoms with E-state index in [1.54, 1.807) is 0 Å².